The maximum absolute atomic E-state index is 12.4. The van der Waals surface area contributed by atoms with Gasteiger partial charge in [-0.1, -0.05) is 18.2 Å². The first-order valence-electron chi connectivity index (χ1n) is 7.99. The van der Waals surface area contributed by atoms with E-state index in [-0.39, 0.29) is 5.91 Å². The summed E-state index contributed by atoms with van der Waals surface area (Å²) >= 11 is 0. The highest BCUT2D eigenvalue weighted by Gasteiger charge is 2.13. The Bertz CT molecular complexity index is 585. The van der Waals surface area contributed by atoms with Crippen LogP contribution in [0.5, 0.6) is 0 Å². The predicted molar refractivity (Wildman–Crippen MR) is 90.5 cm³/mol. The van der Waals surface area contributed by atoms with Crippen LogP contribution in [0.1, 0.15) is 24.8 Å². The van der Waals surface area contributed by atoms with Crippen molar-refractivity contribution >= 4 is 16.8 Å². The summed E-state index contributed by atoms with van der Waals surface area (Å²) in [6.07, 6.45) is 4.95. The van der Waals surface area contributed by atoms with E-state index in [4.69, 9.17) is 11.5 Å². The van der Waals surface area contributed by atoms with Gasteiger partial charge in [-0.05, 0) is 44.0 Å². The van der Waals surface area contributed by atoms with Crippen LogP contribution in [0.3, 0.4) is 0 Å². The number of aromatic nitrogens is 1. The average Bonchev–Trinajstić information content (AvgIpc) is 2.96. The largest absolute Gasteiger partial charge is 0.361 e. The molecule has 1 heterocycles. The lowest BCUT2D eigenvalue weighted by molar-refractivity contribution is -0.131. The van der Waals surface area contributed by atoms with E-state index in [1.807, 2.05) is 23.2 Å². The van der Waals surface area contributed by atoms with Crippen molar-refractivity contribution in [3.8, 4) is 0 Å². The van der Waals surface area contributed by atoms with E-state index < -0.39 is 0 Å². The van der Waals surface area contributed by atoms with Crippen molar-refractivity contribution in [1.82, 2.24) is 9.88 Å². The van der Waals surface area contributed by atoms with Crippen molar-refractivity contribution < 1.29 is 4.79 Å². The summed E-state index contributed by atoms with van der Waals surface area (Å²) in [4.78, 5) is 17.6. The molecule has 0 aliphatic carbocycles. The van der Waals surface area contributed by atoms with Crippen LogP contribution in [0.25, 0.3) is 10.9 Å². The first-order valence-corrected chi connectivity index (χ1v) is 7.99. The number of carbonyl (C=O) groups excluding carboxylic acids is 1. The van der Waals surface area contributed by atoms with E-state index in [9.17, 15) is 4.79 Å². The highest BCUT2D eigenvalue weighted by molar-refractivity contribution is 5.84. The van der Waals surface area contributed by atoms with Crippen LogP contribution in [-0.4, -0.2) is 42.0 Å². The van der Waals surface area contributed by atoms with Gasteiger partial charge in [-0.25, -0.2) is 0 Å². The summed E-state index contributed by atoms with van der Waals surface area (Å²) in [6, 6.07) is 8.17. The molecule has 1 aromatic heterocycles. The van der Waals surface area contributed by atoms with Crippen molar-refractivity contribution in [2.75, 3.05) is 26.2 Å². The van der Waals surface area contributed by atoms with Gasteiger partial charge in [0.15, 0.2) is 0 Å². The van der Waals surface area contributed by atoms with Crippen molar-refractivity contribution in [2.45, 2.75) is 25.7 Å². The molecule has 0 spiro atoms. The van der Waals surface area contributed by atoms with Crippen LogP contribution in [0.4, 0.5) is 0 Å². The fourth-order valence-electron chi connectivity index (χ4n) is 2.66. The molecule has 0 unspecified atom stereocenters. The van der Waals surface area contributed by atoms with Gasteiger partial charge >= 0.3 is 0 Å². The fraction of sp³-hybridized carbons (Fsp3) is 0.471. The Kier molecular flexibility index (Phi) is 6.43. The number of para-hydroxylation sites is 1. The predicted octanol–water partition coefficient (Wildman–Crippen LogP) is 1.63. The maximum Gasteiger partial charge on any atom is 0.222 e. The molecule has 1 amide bonds. The topological polar surface area (TPSA) is 88.1 Å². The van der Waals surface area contributed by atoms with Gasteiger partial charge in [0.25, 0.3) is 0 Å². The second-order valence-electron chi connectivity index (χ2n) is 5.52. The Morgan fingerprint density at radius 2 is 1.77 bits per heavy atom. The second kappa shape index (κ2) is 8.56. The molecular formula is C17H26N4O. The van der Waals surface area contributed by atoms with Crippen molar-refractivity contribution in [1.29, 1.82) is 0 Å². The molecule has 0 saturated carbocycles. The number of carbonyl (C=O) groups is 1. The zero-order valence-electron chi connectivity index (χ0n) is 13.1. The molecule has 0 radical (unpaired) electrons. The fourth-order valence-corrected chi connectivity index (χ4v) is 2.66. The minimum atomic E-state index is 0.187. The average molecular weight is 302 g/mol. The number of nitrogens with two attached hydrogens (primary N) is 2. The lowest BCUT2D eigenvalue weighted by atomic mass is 10.1. The van der Waals surface area contributed by atoms with Gasteiger partial charge in [0.05, 0.1) is 0 Å². The van der Waals surface area contributed by atoms with Gasteiger partial charge in [-0.2, -0.15) is 0 Å². The third-order valence-electron chi connectivity index (χ3n) is 3.90. The van der Waals surface area contributed by atoms with Gasteiger partial charge in [0, 0.05) is 36.6 Å². The molecule has 0 aliphatic heterocycles. The number of fused-ring (bicyclic) bond motifs is 1. The number of aromatic amines is 1. The standard InChI is InChI=1S/C17H26N4O/c18-9-3-11-21(12-4-10-19)17(22)8-7-14-13-20-16-6-2-1-5-15(14)16/h1-2,5-6,13,20H,3-4,7-12,18-19H2. The van der Waals surface area contributed by atoms with Gasteiger partial charge in [-0.15, -0.1) is 0 Å². The van der Waals surface area contributed by atoms with Crippen LogP contribution < -0.4 is 11.5 Å². The third-order valence-corrected chi connectivity index (χ3v) is 3.90. The van der Waals surface area contributed by atoms with Crippen LogP contribution in [0.2, 0.25) is 0 Å². The van der Waals surface area contributed by atoms with Gasteiger partial charge < -0.3 is 21.4 Å². The van der Waals surface area contributed by atoms with E-state index in [0.717, 1.165) is 37.9 Å². The molecule has 5 heteroatoms. The minimum absolute atomic E-state index is 0.187. The maximum atomic E-state index is 12.4. The van der Waals surface area contributed by atoms with Crippen molar-refractivity contribution in [3.63, 3.8) is 0 Å². The second-order valence-corrected chi connectivity index (χ2v) is 5.52. The Balaban J connectivity index is 1.94. The molecule has 5 N–H and O–H groups in total. The molecular weight excluding hydrogens is 276 g/mol. The number of nitrogens with one attached hydrogen (secondary N) is 1. The Morgan fingerprint density at radius 3 is 2.45 bits per heavy atom. The number of benzene rings is 1. The Hall–Kier alpha value is -1.85. The molecule has 0 atom stereocenters. The zero-order valence-corrected chi connectivity index (χ0v) is 13.1. The van der Waals surface area contributed by atoms with E-state index in [1.54, 1.807) is 0 Å². The van der Waals surface area contributed by atoms with Crippen LogP contribution in [0.15, 0.2) is 30.5 Å². The molecule has 1 aromatic carbocycles. The van der Waals surface area contributed by atoms with Gasteiger partial charge in [0.2, 0.25) is 5.91 Å². The van der Waals surface area contributed by atoms with E-state index in [1.165, 1.54) is 10.9 Å². The number of hydrogen-bond acceptors (Lipinski definition) is 3. The lowest BCUT2D eigenvalue weighted by Crippen LogP contribution is -2.34. The smallest absolute Gasteiger partial charge is 0.222 e. The van der Waals surface area contributed by atoms with E-state index in [0.29, 0.717) is 19.5 Å². The molecule has 2 aromatic rings. The summed E-state index contributed by atoms with van der Waals surface area (Å²) in [5.74, 6) is 0.187. The zero-order chi connectivity index (χ0) is 15.8. The summed E-state index contributed by atoms with van der Waals surface area (Å²) in [5.41, 5.74) is 13.4. The van der Waals surface area contributed by atoms with Crippen LogP contribution in [-0.2, 0) is 11.2 Å². The van der Waals surface area contributed by atoms with Crippen molar-refractivity contribution in [3.05, 3.63) is 36.0 Å². The highest BCUT2D eigenvalue weighted by Crippen LogP contribution is 2.19. The molecule has 0 bridgehead atoms. The third kappa shape index (κ3) is 4.32. The van der Waals surface area contributed by atoms with Crippen LogP contribution >= 0.6 is 0 Å². The lowest BCUT2D eigenvalue weighted by Gasteiger charge is -2.22. The molecule has 0 saturated heterocycles. The summed E-state index contributed by atoms with van der Waals surface area (Å²) in [5, 5.41) is 1.20. The number of H-pyrrole nitrogens is 1. The summed E-state index contributed by atoms with van der Waals surface area (Å²) in [7, 11) is 0. The Morgan fingerprint density at radius 1 is 1.09 bits per heavy atom. The molecule has 0 aliphatic rings. The minimum Gasteiger partial charge on any atom is -0.361 e. The quantitative estimate of drug-likeness (QED) is 0.658. The van der Waals surface area contributed by atoms with E-state index in [2.05, 4.69) is 17.1 Å². The monoisotopic (exact) mass is 302 g/mol. The first-order chi connectivity index (χ1) is 10.8. The number of rotatable bonds is 9. The van der Waals surface area contributed by atoms with E-state index >= 15 is 0 Å². The Labute approximate surface area is 131 Å². The van der Waals surface area contributed by atoms with Crippen molar-refractivity contribution in [2.24, 2.45) is 11.5 Å². The summed E-state index contributed by atoms with van der Waals surface area (Å²) < 4.78 is 0. The number of amides is 1. The summed E-state index contributed by atoms with van der Waals surface area (Å²) in [6.45, 7) is 2.66. The number of nitrogens with zero attached hydrogens (tertiary/aromatic N) is 1. The van der Waals surface area contributed by atoms with Gasteiger partial charge in [-0.3, -0.25) is 4.79 Å². The molecule has 120 valence electrons. The molecule has 22 heavy (non-hydrogen) atoms. The SMILES string of the molecule is NCCCN(CCCN)C(=O)CCc1c[nH]c2ccccc12. The highest BCUT2D eigenvalue weighted by atomic mass is 16.2. The first kappa shape index (κ1) is 16.5. The normalized spacial score (nSPS) is 11.0. The number of aryl methyl sites for hydroxylation is 1. The van der Waals surface area contributed by atoms with Gasteiger partial charge in [0.1, 0.15) is 0 Å². The number of hydrogen-bond donors (Lipinski definition) is 3. The van der Waals surface area contributed by atoms with Crippen LogP contribution in [0, 0.1) is 0 Å². The molecule has 0 fully saturated rings. The molecule has 2 rings (SSSR count). The molecule has 5 nitrogen and oxygen atoms in total.